The molecule has 7 heteroatoms. The molecule has 32 heavy (non-hydrogen) atoms. The van der Waals surface area contributed by atoms with Crippen LogP contribution in [-0.4, -0.2) is 44.1 Å². The van der Waals surface area contributed by atoms with Crippen molar-refractivity contribution in [2.75, 3.05) is 23.7 Å². The molecular formula is C25H43N3O3Si. The zero-order valence-corrected chi connectivity index (χ0v) is 22.3. The minimum Gasteiger partial charge on any atom is -0.460 e. The number of ether oxygens (including phenoxy) is 1. The Morgan fingerprint density at radius 2 is 1.84 bits per heavy atom. The van der Waals surface area contributed by atoms with Gasteiger partial charge in [-0.15, -0.1) is 0 Å². The van der Waals surface area contributed by atoms with E-state index in [1.165, 1.54) is 12.8 Å². The number of hydrogen-bond acceptors (Lipinski definition) is 6. The molecule has 180 valence electrons. The van der Waals surface area contributed by atoms with Gasteiger partial charge >= 0.3 is 5.97 Å². The Bertz CT molecular complexity index is 811. The summed E-state index contributed by atoms with van der Waals surface area (Å²) in [6, 6.07) is 1.98. The lowest BCUT2D eigenvalue weighted by Gasteiger charge is -2.49. The van der Waals surface area contributed by atoms with Crippen LogP contribution in [0.25, 0.3) is 0 Å². The Morgan fingerprint density at radius 3 is 2.38 bits per heavy atom. The van der Waals surface area contributed by atoms with Gasteiger partial charge in [0.15, 0.2) is 8.32 Å². The third-order valence-corrected chi connectivity index (χ3v) is 11.7. The monoisotopic (exact) mass is 461 g/mol. The van der Waals surface area contributed by atoms with Crippen molar-refractivity contribution in [1.82, 2.24) is 4.98 Å². The van der Waals surface area contributed by atoms with E-state index in [4.69, 9.17) is 14.9 Å². The number of nitrogens with two attached hydrogens (primary N) is 1. The first-order chi connectivity index (χ1) is 14.7. The number of carbonyl (C=O) groups is 1. The summed E-state index contributed by atoms with van der Waals surface area (Å²) in [7, 11) is -2.01. The smallest absolute Gasteiger partial charge is 0.306 e. The molecule has 0 radical (unpaired) electrons. The molecule has 1 aromatic rings. The van der Waals surface area contributed by atoms with Crippen molar-refractivity contribution >= 4 is 25.7 Å². The Morgan fingerprint density at radius 1 is 1.19 bits per heavy atom. The van der Waals surface area contributed by atoms with E-state index in [0.717, 1.165) is 18.8 Å². The molecule has 0 bridgehead atoms. The number of hydrogen-bond donors (Lipinski definition) is 1. The Kier molecular flexibility index (Phi) is 7.02. The van der Waals surface area contributed by atoms with Crippen LogP contribution in [0.3, 0.4) is 0 Å². The highest BCUT2D eigenvalue weighted by Gasteiger charge is 2.50. The molecule has 1 aliphatic carbocycles. The molecular weight excluding hydrogens is 418 g/mol. The molecule has 0 spiro atoms. The van der Waals surface area contributed by atoms with Crippen LogP contribution in [0, 0.1) is 17.8 Å². The highest BCUT2D eigenvalue weighted by atomic mass is 28.4. The molecule has 0 aromatic carbocycles. The molecule has 1 saturated carbocycles. The fourth-order valence-corrected chi connectivity index (χ4v) is 5.87. The van der Waals surface area contributed by atoms with Crippen LogP contribution in [0.15, 0.2) is 18.5 Å². The van der Waals surface area contributed by atoms with E-state index in [0.29, 0.717) is 23.9 Å². The second-order valence-electron chi connectivity index (χ2n) is 12.2. The van der Waals surface area contributed by atoms with E-state index in [9.17, 15) is 4.79 Å². The lowest BCUT2D eigenvalue weighted by atomic mass is 9.81. The highest BCUT2D eigenvalue weighted by molar-refractivity contribution is 6.74. The van der Waals surface area contributed by atoms with Gasteiger partial charge in [-0.2, -0.15) is 0 Å². The average Bonchev–Trinajstić information content (AvgIpc) is 3.45. The fraction of sp³-hybridized carbons (Fsp3) is 0.760. The van der Waals surface area contributed by atoms with Crippen LogP contribution in [0.5, 0.6) is 0 Å². The largest absolute Gasteiger partial charge is 0.460 e. The van der Waals surface area contributed by atoms with Gasteiger partial charge in [-0.1, -0.05) is 20.8 Å². The molecule has 6 nitrogen and oxygen atoms in total. The van der Waals surface area contributed by atoms with Crippen LogP contribution >= 0.6 is 0 Å². The second kappa shape index (κ2) is 8.97. The maximum atomic E-state index is 12.9. The van der Waals surface area contributed by atoms with Gasteiger partial charge in [0.1, 0.15) is 5.60 Å². The number of pyridine rings is 1. The van der Waals surface area contributed by atoms with Crippen molar-refractivity contribution in [2.45, 2.75) is 90.6 Å². The number of nitrogen functional groups attached to an aromatic ring is 1. The quantitative estimate of drug-likeness (QED) is 0.460. The SMILES string of the molecule is CC(C)(C)OC(=O)C[C@@H]1CN(c2ccncc2N)C[C@H](C2CC2)[C@H]1O[Si](C)(C)C(C)(C)C. The van der Waals surface area contributed by atoms with Gasteiger partial charge in [-0.05, 0) is 63.7 Å². The molecule has 2 N–H and O–H groups in total. The number of piperidine rings is 1. The normalized spacial score (nSPS) is 25.0. The standard InChI is InChI=1S/C25H43N3O3Si/c1-24(2,3)30-22(29)13-18-15-28(21-11-12-27-14-20(21)26)16-19(17-9-10-17)23(18)31-32(7,8)25(4,5)6/h11-12,14,17-19,23H,9-10,13,15-16,26H2,1-8H3/t18-,19-,23+/m1/s1. The fourth-order valence-electron chi connectivity index (χ4n) is 4.47. The summed E-state index contributed by atoms with van der Waals surface area (Å²) < 4.78 is 12.8. The van der Waals surface area contributed by atoms with Gasteiger partial charge in [-0.25, -0.2) is 0 Å². The first kappa shape index (κ1) is 25.0. The minimum atomic E-state index is -2.01. The minimum absolute atomic E-state index is 0.0610. The maximum absolute atomic E-state index is 12.9. The zero-order valence-electron chi connectivity index (χ0n) is 21.3. The zero-order chi connectivity index (χ0) is 23.9. The third-order valence-electron chi connectivity index (χ3n) is 7.25. The van der Waals surface area contributed by atoms with E-state index in [1.54, 1.807) is 12.4 Å². The van der Waals surface area contributed by atoms with Crippen molar-refractivity contribution < 1.29 is 14.0 Å². The number of esters is 1. The molecule has 0 unspecified atom stereocenters. The van der Waals surface area contributed by atoms with Crippen molar-refractivity contribution in [3.8, 4) is 0 Å². The lowest BCUT2D eigenvalue weighted by molar-refractivity contribution is -0.157. The Balaban J connectivity index is 1.92. The summed E-state index contributed by atoms with van der Waals surface area (Å²) in [5.74, 6) is 0.950. The number of anilines is 2. The summed E-state index contributed by atoms with van der Waals surface area (Å²) in [6.45, 7) is 18.9. The third kappa shape index (κ3) is 6.04. The number of aromatic nitrogens is 1. The van der Waals surface area contributed by atoms with E-state index in [1.807, 2.05) is 26.8 Å². The second-order valence-corrected chi connectivity index (χ2v) is 17.0. The first-order valence-corrected chi connectivity index (χ1v) is 14.9. The molecule has 0 amide bonds. The predicted molar refractivity (Wildman–Crippen MR) is 133 cm³/mol. The summed E-state index contributed by atoms with van der Waals surface area (Å²) in [6.07, 6.45) is 6.40. The highest BCUT2D eigenvalue weighted by Crippen LogP contribution is 2.48. The van der Waals surface area contributed by atoms with Crippen LogP contribution < -0.4 is 10.6 Å². The Hall–Kier alpha value is -1.60. The van der Waals surface area contributed by atoms with Crippen LogP contribution in [0.2, 0.25) is 18.1 Å². The van der Waals surface area contributed by atoms with E-state index in [2.05, 4.69) is 43.7 Å². The average molecular weight is 462 g/mol. The summed E-state index contributed by atoms with van der Waals surface area (Å²) in [5, 5.41) is 0.115. The first-order valence-electron chi connectivity index (χ1n) is 12.0. The van der Waals surface area contributed by atoms with E-state index in [-0.39, 0.29) is 23.0 Å². The maximum Gasteiger partial charge on any atom is 0.306 e. The van der Waals surface area contributed by atoms with Gasteiger partial charge in [0.25, 0.3) is 0 Å². The summed E-state index contributed by atoms with van der Waals surface area (Å²) in [4.78, 5) is 19.4. The summed E-state index contributed by atoms with van der Waals surface area (Å²) in [5.41, 5.74) is 7.49. The molecule has 1 aromatic heterocycles. The van der Waals surface area contributed by atoms with Crippen LogP contribution in [0.1, 0.15) is 60.8 Å². The number of carbonyl (C=O) groups excluding carboxylic acids is 1. The van der Waals surface area contributed by atoms with Gasteiger partial charge < -0.3 is 19.8 Å². The van der Waals surface area contributed by atoms with E-state index < -0.39 is 13.9 Å². The molecule has 1 aliphatic heterocycles. The Labute approximate surface area is 195 Å². The van der Waals surface area contributed by atoms with Crippen LogP contribution in [-0.2, 0) is 14.0 Å². The molecule has 3 rings (SSSR count). The van der Waals surface area contributed by atoms with Crippen LogP contribution in [0.4, 0.5) is 11.4 Å². The molecule has 2 heterocycles. The molecule has 2 aliphatic rings. The van der Waals surface area contributed by atoms with Gasteiger partial charge in [0.05, 0.1) is 30.1 Å². The van der Waals surface area contributed by atoms with Gasteiger partial charge in [-0.3, -0.25) is 9.78 Å². The molecule has 1 saturated heterocycles. The number of rotatable bonds is 6. The van der Waals surface area contributed by atoms with Crippen molar-refractivity contribution in [3.63, 3.8) is 0 Å². The van der Waals surface area contributed by atoms with Crippen molar-refractivity contribution in [3.05, 3.63) is 18.5 Å². The molecule has 2 fully saturated rings. The predicted octanol–water partition coefficient (Wildman–Crippen LogP) is 5.25. The van der Waals surface area contributed by atoms with Gasteiger partial charge in [0.2, 0.25) is 0 Å². The lowest BCUT2D eigenvalue weighted by Crippen LogP contribution is -2.56. The molecule has 3 atom stereocenters. The summed E-state index contributed by atoms with van der Waals surface area (Å²) >= 11 is 0. The number of nitrogens with zero attached hydrogens (tertiary/aromatic N) is 2. The van der Waals surface area contributed by atoms with Crippen molar-refractivity contribution in [2.24, 2.45) is 17.8 Å². The van der Waals surface area contributed by atoms with Gasteiger partial charge in [0, 0.05) is 31.1 Å². The topological polar surface area (TPSA) is 77.7 Å². The van der Waals surface area contributed by atoms with Crippen molar-refractivity contribution in [1.29, 1.82) is 0 Å². The van der Waals surface area contributed by atoms with E-state index >= 15 is 0 Å².